The summed E-state index contributed by atoms with van der Waals surface area (Å²) in [4.78, 5) is 32.7. The molecule has 3 aromatic rings. The van der Waals surface area contributed by atoms with Crippen LogP contribution < -0.4 is 15.0 Å². The first-order valence-electron chi connectivity index (χ1n) is 15.4. The molecule has 2 fully saturated rings. The molecule has 1 aliphatic heterocycles. The number of ether oxygens (including phenoxy) is 2. The molecule has 1 aliphatic carbocycles. The minimum absolute atomic E-state index is 0.0178. The van der Waals surface area contributed by atoms with Crippen molar-refractivity contribution in [2.24, 2.45) is 5.41 Å². The van der Waals surface area contributed by atoms with Crippen LogP contribution in [-0.2, 0) is 14.9 Å². The Morgan fingerprint density at radius 3 is 2.57 bits per heavy atom. The van der Waals surface area contributed by atoms with Crippen LogP contribution in [-0.4, -0.2) is 65.6 Å². The zero-order valence-corrected chi connectivity index (χ0v) is 28.5. The number of nitrogens with zero attached hydrogens (tertiary/aromatic N) is 5. The van der Waals surface area contributed by atoms with E-state index in [0.717, 1.165) is 48.5 Å². The molecule has 5 rings (SSSR count). The fourth-order valence-electron chi connectivity index (χ4n) is 6.21. The van der Waals surface area contributed by atoms with E-state index in [9.17, 15) is 23.3 Å². The van der Waals surface area contributed by atoms with Crippen LogP contribution in [0.2, 0.25) is 5.02 Å². The van der Waals surface area contributed by atoms with E-state index in [1.807, 2.05) is 20.8 Å². The Morgan fingerprint density at radius 1 is 1.23 bits per heavy atom. The van der Waals surface area contributed by atoms with E-state index in [1.54, 1.807) is 22.5 Å². The molecule has 2 heterocycles. The summed E-state index contributed by atoms with van der Waals surface area (Å²) in [5.41, 5.74) is -1.24. The molecule has 15 heteroatoms. The van der Waals surface area contributed by atoms with Crippen molar-refractivity contribution in [3.63, 3.8) is 0 Å². The fourth-order valence-corrected chi connectivity index (χ4v) is 7.43. The molecule has 1 spiro atoms. The second kappa shape index (κ2) is 12.9. The maximum atomic E-state index is 15.1. The van der Waals surface area contributed by atoms with E-state index in [1.165, 1.54) is 25.5 Å². The number of carbonyl (C=O) groups is 1. The van der Waals surface area contributed by atoms with Gasteiger partial charge in [0.1, 0.15) is 23.0 Å². The maximum absolute atomic E-state index is 15.1. The molecule has 1 amide bonds. The summed E-state index contributed by atoms with van der Waals surface area (Å²) in [7, 11) is -2.67. The van der Waals surface area contributed by atoms with Crippen LogP contribution in [0.1, 0.15) is 71.4 Å². The summed E-state index contributed by atoms with van der Waals surface area (Å²) < 4.78 is 56.5. The number of amides is 1. The zero-order valence-electron chi connectivity index (χ0n) is 27.0. The van der Waals surface area contributed by atoms with Gasteiger partial charge in [-0.2, -0.15) is 18.0 Å². The van der Waals surface area contributed by atoms with Crippen molar-refractivity contribution in [3.8, 4) is 17.6 Å². The van der Waals surface area contributed by atoms with Crippen LogP contribution in [0.3, 0.4) is 0 Å². The number of aromatic nitrogens is 2. The van der Waals surface area contributed by atoms with E-state index >= 15 is 4.39 Å². The normalized spacial score (nSPS) is 18.0. The Morgan fingerprint density at radius 2 is 1.94 bits per heavy atom. The Bertz CT molecular complexity index is 1910. The molecule has 252 valence electrons. The van der Waals surface area contributed by atoms with Gasteiger partial charge in [-0.05, 0) is 82.6 Å². The van der Waals surface area contributed by atoms with Crippen molar-refractivity contribution in [3.05, 3.63) is 57.3 Å². The number of fused-ring (bicyclic) bond motifs is 1. The molecule has 12 nitrogen and oxygen atoms in total. The first kappa shape index (κ1) is 34.4. The van der Waals surface area contributed by atoms with Crippen LogP contribution in [0.5, 0.6) is 11.5 Å². The molecule has 0 unspecified atom stereocenters. The standard InChI is InChI=1S/C32H38ClFN6O6S/c1-6-38(5)47(43,44)37-23-8-7-22(34)28(21(23)18-35)45-25-10-9-24-26(27(25)33)29(41)40(19-36-24)20-11-12-32(17-20)13-15-39(16-14-32)30(42)46-31(2,3)4/h7-10,19-20,37H,6,11-17H2,1-5H3/t20-/m1/s1. The molecule has 1 saturated carbocycles. The lowest BCUT2D eigenvalue weighted by Gasteiger charge is -2.40. The summed E-state index contributed by atoms with van der Waals surface area (Å²) in [6.45, 7) is 8.48. The fraction of sp³-hybridized carbons (Fsp3) is 0.500. The minimum atomic E-state index is -4.02. The summed E-state index contributed by atoms with van der Waals surface area (Å²) in [6, 6.07) is 6.69. The molecule has 2 aliphatic rings. The number of rotatable bonds is 7. The van der Waals surface area contributed by atoms with Crippen LogP contribution in [0.4, 0.5) is 14.9 Å². The molecule has 0 radical (unpaired) electrons. The monoisotopic (exact) mass is 688 g/mol. The number of hydrogen-bond donors (Lipinski definition) is 1. The first-order chi connectivity index (χ1) is 22.1. The number of nitrogens with one attached hydrogen (secondary N) is 1. The van der Waals surface area contributed by atoms with Gasteiger partial charge in [-0.1, -0.05) is 18.5 Å². The topological polar surface area (TPSA) is 147 Å². The van der Waals surface area contributed by atoms with Gasteiger partial charge in [0.05, 0.1) is 27.9 Å². The quantitative estimate of drug-likeness (QED) is 0.309. The minimum Gasteiger partial charge on any atom is -0.451 e. The van der Waals surface area contributed by atoms with Crippen molar-refractivity contribution in [1.82, 2.24) is 18.8 Å². The molecule has 1 N–H and O–H groups in total. The first-order valence-corrected chi connectivity index (χ1v) is 17.2. The smallest absolute Gasteiger partial charge is 0.410 e. The largest absolute Gasteiger partial charge is 0.451 e. The third-order valence-electron chi connectivity index (χ3n) is 8.93. The summed E-state index contributed by atoms with van der Waals surface area (Å²) in [6.07, 6.45) is 5.18. The average Bonchev–Trinajstić information content (AvgIpc) is 3.41. The lowest BCUT2D eigenvalue weighted by molar-refractivity contribution is 0.0103. The van der Waals surface area contributed by atoms with E-state index in [0.29, 0.717) is 18.6 Å². The molecule has 1 aromatic heterocycles. The molecule has 1 atom stereocenters. The van der Waals surface area contributed by atoms with Gasteiger partial charge in [-0.25, -0.2) is 14.2 Å². The van der Waals surface area contributed by atoms with Crippen LogP contribution >= 0.6 is 11.6 Å². The molecular weight excluding hydrogens is 651 g/mol. The van der Waals surface area contributed by atoms with Gasteiger partial charge in [0.15, 0.2) is 11.6 Å². The zero-order chi connectivity index (χ0) is 34.3. The van der Waals surface area contributed by atoms with E-state index < -0.39 is 32.9 Å². The van der Waals surface area contributed by atoms with Gasteiger partial charge in [0.2, 0.25) is 0 Å². The predicted molar refractivity (Wildman–Crippen MR) is 175 cm³/mol. The third kappa shape index (κ3) is 7.02. The highest BCUT2D eigenvalue weighted by molar-refractivity contribution is 7.90. The van der Waals surface area contributed by atoms with Gasteiger partial charge < -0.3 is 14.4 Å². The average molecular weight is 689 g/mol. The van der Waals surface area contributed by atoms with E-state index in [-0.39, 0.29) is 51.5 Å². The van der Waals surface area contributed by atoms with Gasteiger partial charge in [0, 0.05) is 32.7 Å². The van der Waals surface area contributed by atoms with Crippen molar-refractivity contribution in [1.29, 1.82) is 5.26 Å². The lowest BCUT2D eigenvalue weighted by Crippen LogP contribution is -2.44. The second-order valence-corrected chi connectivity index (χ2v) is 15.3. The Kier molecular flexibility index (Phi) is 9.47. The van der Waals surface area contributed by atoms with Crippen LogP contribution in [0.15, 0.2) is 35.4 Å². The number of carbonyl (C=O) groups excluding carboxylic acids is 1. The highest BCUT2D eigenvalue weighted by Gasteiger charge is 2.43. The van der Waals surface area contributed by atoms with Crippen LogP contribution in [0, 0.1) is 22.6 Å². The number of piperidine rings is 1. The molecule has 2 aromatic carbocycles. The van der Waals surface area contributed by atoms with Gasteiger partial charge in [0.25, 0.3) is 5.56 Å². The number of anilines is 1. The molecular formula is C32H38ClFN6O6S. The highest BCUT2D eigenvalue weighted by Crippen LogP contribution is 2.50. The SMILES string of the molecule is CCN(C)S(=O)(=O)Nc1ccc(F)c(Oc2ccc3ncn([C@@H]4CCC5(CCN(C(=O)OC(C)(C)C)CC5)C4)c(=O)c3c2Cl)c1C#N. The Balaban J connectivity index is 1.40. The van der Waals surface area contributed by atoms with Crippen molar-refractivity contribution in [2.45, 2.75) is 71.4 Å². The van der Waals surface area contributed by atoms with Crippen LogP contribution in [0.25, 0.3) is 10.9 Å². The number of halogens is 2. The number of hydrogen-bond acceptors (Lipinski definition) is 8. The summed E-state index contributed by atoms with van der Waals surface area (Å²) in [5.74, 6) is -1.58. The number of likely N-dealkylation sites (tertiary alicyclic amines) is 1. The molecule has 0 bridgehead atoms. The highest BCUT2D eigenvalue weighted by atomic mass is 35.5. The molecule has 47 heavy (non-hydrogen) atoms. The van der Waals surface area contributed by atoms with Gasteiger partial charge >= 0.3 is 16.3 Å². The van der Waals surface area contributed by atoms with E-state index in [2.05, 4.69) is 9.71 Å². The third-order valence-corrected chi connectivity index (χ3v) is 10.9. The van der Waals surface area contributed by atoms with Gasteiger partial charge in [-0.15, -0.1) is 0 Å². The Hall–Kier alpha value is -3.93. The van der Waals surface area contributed by atoms with Gasteiger partial charge in [-0.3, -0.25) is 14.1 Å². The number of benzene rings is 2. The predicted octanol–water partition coefficient (Wildman–Crippen LogP) is 6.20. The van der Waals surface area contributed by atoms with Crippen molar-refractivity contribution in [2.75, 3.05) is 31.4 Å². The summed E-state index contributed by atoms with van der Waals surface area (Å²) in [5, 5.41) is 9.82. The summed E-state index contributed by atoms with van der Waals surface area (Å²) >= 11 is 6.71. The van der Waals surface area contributed by atoms with Crippen molar-refractivity contribution < 1.29 is 27.1 Å². The molecule has 1 saturated heterocycles. The van der Waals surface area contributed by atoms with Crippen molar-refractivity contribution >= 4 is 44.5 Å². The lowest BCUT2D eigenvalue weighted by atomic mass is 9.77. The maximum Gasteiger partial charge on any atom is 0.410 e. The number of nitriles is 1. The Labute approximate surface area is 278 Å². The van der Waals surface area contributed by atoms with E-state index in [4.69, 9.17) is 21.1 Å². The second-order valence-electron chi connectivity index (χ2n) is 13.1.